The highest BCUT2D eigenvalue weighted by molar-refractivity contribution is 4.98. The Hall–Kier alpha value is -0.870. The van der Waals surface area contributed by atoms with Gasteiger partial charge in [0.15, 0.2) is 0 Å². The smallest absolute Gasteiger partial charge is 0.0948 e. The molecule has 0 bridgehead atoms. The van der Waals surface area contributed by atoms with E-state index < -0.39 is 0 Å². The molecular formula is C13H23N3O. The number of hydrogen-bond donors (Lipinski definition) is 1. The Balaban J connectivity index is 1.83. The van der Waals surface area contributed by atoms with Crippen molar-refractivity contribution in [2.45, 2.75) is 33.4 Å². The molecule has 0 aliphatic carbocycles. The van der Waals surface area contributed by atoms with Crippen molar-refractivity contribution in [2.75, 3.05) is 19.8 Å². The molecule has 4 heteroatoms. The summed E-state index contributed by atoms with van der Waals surface area (Å²) in [4.78, 5) is 4.24. The highest BCUT2D eigenvalue weighted by Crippen LogP contribution is 2.15. The van der Waals surface area contributed by atoms with Crippen molar-refractivity contribution in [1.29, 1.82) is 0 Å². The second-order valence-electron chi connectivity index (χ2n) is 5.29. The molecule has 17 heavy (non-hydrogen) atoms. The van der Waals surface area contributed by atoms with Crippen LogP contribution in [0, 0.1) is 11.8 Å². The van der Waals surface area contributed by atoms with Crippen LogP contribution in [0.1, 0.15) is 26.0 Å². The van der Waals surface area contributed by atoms with Gasteiger partial charge in [0.05, 0.1) is 18.6 Å². The van der Waals surface area contributed by atoms with Crippen molar-refractivity contribution in [3.8, 4) is 0 Å². The zero-order valence-electron chi connectivity index (χ0n) is 10.9. The Morgan fingerprint density at radius 3 is 3.18 bits per heavy atom. The molecule has 1 atom stereocenters. The predicted octanol–water partition coefficient (Wildman–Crippen LogP) is 1.67. The molecule has 1 aliphatic heterocycles. The molecule has 1 unspecified atom stereocenters. The first-order chi connectivity index (χ1) is 8.25. The highest BCUT2D eigenvalue weighted by Gasteiger charge is 2.17. The lowest BCUT2D eigenvalue weighted by Gasteiger charge is -2.13. The Morgan fingerprint density at radius 1 is 1.59 bits per heavy atom. The summed E-state index contributed by atoms with van der Waals surface area (Å²) < 4.78 is 7.67. The molecule has 2 rings (SSSR count). The number of imidazole rings is 1. The topological polar surface area (TPSA) is 39.1 Å². The predicted molar refractivity (Wildman–Crippen MR) is 67.7 cm³/mol. The van der Waals surface area contributed by atoms with E-state index in [4.69, 9.17) is 4.74 Å². The van der Waals surface area contributed by atoms with Gasteiger partial charge < -0.3 is 14.6 Å². The largest absolute Gasteiger partial charge is 0.381 e. The van der Waals surface area contributed by atoms with Gasteiger partial charge in [-0.3, -0.25) is 0 Å². The average molecular weight is 237 g/mol. The van der Waals surface area contributed by atoms with Crippen molar-refractivity contribution in [3.05, 3.63) is 18.2 Å². The number of rotatable bonds is 6. The van der Waals surface area contributed by atoms with E-state index in [2.05, 4.69) is 28.7 Å². The monoisotopic (exact) mass is 237 g/mol. The number of hydrogen-bond acceptors (Lipinski definition) is 3. The fourth-order valence-corrected chi connectivity index (χ4v) is 2.15. The van der Waals surface area contributed by atoms with Crippen LogP contribution in [0.3, 0.4) is 0 Å². The van der Waals surface area contributed by atoms with E-state index in [9.17, 15) is 0 Å². The van der Waals surface area contributed by atoms with Crippen LogP contribution in [0.25, 0.3) is 0 Å². The average Bonchev–Trinajstić information content (AvgIpc) is 2.91. The lowest BCUT2D eigenvalue weighted by molar-refractivity contribution is 0.182. The van der Waals surface area contributed by atoms with E-state index >= 15 is 0 Å². The molecule has 0 saturated carbocycles. The SMILES string of the molecule is CC(C)CNCc1cncn1CC1CCOC1. The van der Waals surface area contributed by atoms with Gasteiger partial charge >= 0.3 is 0 Å². The zero-order valence-corrected chi connectivity index (χ0v) is 10.9. The van der Waals surface area contributed by atoms with Crippen molar-refractivity contribution >= 4 is 0 Å². The second-order valence-corrected chi connectivity index (χ2v) is 5.29. The summed E-state index contributed by atoms with van der Waals surface area (Å²) in [5.74, 6) is 1.35. The molecule has 1 aliphatic rings. The summed E-state index contributed by atoms with van der Waals surface area (Å²) in [6.07, 6.45) is 5.07. The van der Waals surface area contributed by atoms with Gasteiger partial charge in [-0.05, 0) is 18.9 Å². The molecular weight excluding hydrogens is 214 g/mol. The van der Waals surface area contributed by atoms with E-state index in [1.807, 2.05) is 12.5 Å². The fraction of sp³-hybridized carbons (Fsp3) is 0.769. The third-order valence-corrected chi connectivity index (χ3v) is 3.14. The summed E-state index contributed by atoms with van der Waals surface area (Å²) in [6, 6.07) is 0. The summed E-state index contributed by atoms with van der Waals surface area (Å²) in [6.45, 7) is 9.26. The molecule has 1 fully saturated rings. The summed E-state index contributed by atoms with van der Waals surface area (Å²) in [7, 11) is 0. The minimum Gasteiger partial charge on any atom is -0.381 e. The minimum absolute atomic E-state index is 0.660. The van der Waals surface area contributed by atoms with E-state index in [0.29, 0.717) is 11.8 Å². The molecule has 96 valence electrons. The summed E-state index contributed by atoms with van der Waals surface area (Å²) >= 11 is 0. The minimum atomic E-state index is 0.660. The first-order valence-corrected chi connectivity index (χ1v) is 6.53. The molecule has 1 aromatic rings. The van der Waals surface area contributed by atoms with Crippen molar-refractivity contribution < 1.29 is 4.74 Å². The molecule has 0 spiro atoms. The Bertz CT molecular complexity index is 329. The maximum absolute atomic E-state index is 5.41. The molecule has 2 heterocycles. The molecule has 1 N–H and O–H groups in total. The third kappa shape index (κ3) is 3.82. The first kappa shape index (κ1) is 12.6. The van der Waals surface area contributed by atoms with Crippen LogP contribution >= 0.6 is 0 Å². The molecule has 0 aromatic carbocycles. The van der Waals surface area contributed by atoms with Gasteiger partial charge in [-0.1, -0.05) is 13.8 Å². The van der Waals surface area contributed by atoms with Crippen molar-refractivity contribution in [1.82, 2.24) is 14.9 Å². The van der Waals surface area contributed by atoms with Gasteiger partial charge in [0, 0.05) is 31.8 Å². The number of aromatic nitrogens is 2. The molecule has 4 nitrogen and oxygen atoms in total. The quantitative estimate of drug-likeness (QED) is 0.818. The van der Waals surface area contributed by atoms with Crippen molar-refractivity contribution in [3.63, 3.8) is 0 Å². The van der Waals surface area contributed by atoms with E-state index in [1.54, 1.807) is 0 Å². The molecule has 1 saturated heterocycles. The summed E-state index contributed by atoms with van der Waals surface area (Å²) in [5, 5.41) is 3.46. The van der Waals surface area contributed by atoms with Gasteiger partial charge in [-0.25, -0.2) is 4.98 Å². The van der Waals surface area contributed by atoms with Gasteiger partial charge in [0.1, 0.15) is 0 Å². The third-order valence-electron chi connectivity index (χ3n) is 3.14. The number of ether oxygens (including phenoxy) is 1. The van der Waals surface area contributed by atoms with Gasteiger partial charge in [0.2, 0.25) is 0 Å². The van der Waals surface area contributed by atoms with Gasteiger partial charge in [-0.2, -0.15) is 0 Å². The Morgan fingerprint density at radius 2 is 2.47 bits per heavy atom. The number of nitrogens with one attached hydrogen (secondary N) is 1. The van der Waals surface area contributed by atoms with E-state index in [1.165, 1.54) is 12.1 Å². The van der Waals surface area contributed by atoms with E-state index in [-0.39, 0.29) is 0 Å². The van der Waals surface area contributed by atoms with Crippen LogP contribution in [-0.4, -0.2) is 29.3 Å². The Labute approximate surface area is 103 Å². The van der Waals surface area contributed by atoms with Crippen LogP contribution in [0.2, 0.25) is 0 Å². The standard InChI is InChI=1S/C13H23N3O/c1-11(2)5-14-6-13-7-15-10-16(13)8-12-3-4-17-9-12/h7,10-12,14H,3-6,8-9H2,1-2H3. The fourth-order valence-electron chi connectivity index (χ4n) is 2.15. The lowest BCUT2D eigenvalue weighted by Crippen LogP contribution is -2.22. The van der Waals surface area contributed by atoms with Crippen LogP contribution in [0.4, 0.5) is 0 Å². The highest BCUT2D eigenvalue weighted by atomic mass is 16.5. The second kappa shape index (κ2) is 6.17. The zero-order chi connectivity index (χ0) is 12.1. The maximum atomic E-state index is 5.41. The molecule has 0 radical (unpaired) electrons. The van der Waals surface area contributed by atoms with Crippen LogP contribution < -0.4 is 5.32 Å². The van der Waals surface area contributed by atoms with Crippen LogP contribution in [0.5, 0.6) is 0 Å². The van der Waals surface area contributed by atoms with Crippen LogP contribution in [0.15, 0.2) is 12.5 Å². The van der Waals surface area contributed by atoms with E-state index in [0.717, 1.165) is 32.8 Å². The summed E-state index contributed by atoms with van der Waals surface area (Å²) in [5.41, 5.74) is 1.28. The van der Waals surface area contributed by atoms with Gasteiger partial charge in [0.25, 0.3) is 0 Å². The molecule has 0 amide bonds. The van der Waals surface area contributed by atoms with Crippen LogP contribution in [-0.2, 0) is 17.8 Å². The maximum Gasteiger partial charge on any atom is 0.0948 e. The molecule has 1 aromatic heterocycles. The Kier molecular flexibility index (Phi) is 4.57. The number of nitrogens with zero attached hydrogens (tertiary/aromatic N) is 2. The normalized spacial score (nSPS) is 20.3. The first-order valence-electron chi connectivity index (χ1n) is 6.53. The lowest BCUT2D eigenvalue weighted by atomic mass is 10.1. The van der Waals surface area contributed by atoms with Crippen molar-refractivity contribution in [2.24, 2.45) is 11.8 Å². The van der Waals surface area contributed by atoms with Gasteiger partial charge in [-0.15, -0.1) is 0 Å².